The van der Waals surface area contributed by atoms with Crippen molar-refractivity contribution in [1.82, 2.24) is 0 Å². The number of carbonyl (C=O) groups is 1. The van der Waals surface area contributed by atoms with Crippen molar-refractivity contribution in [3.63, 3.8) is 0 Å². The third-order valence-electron chi connectivity index (χ3n) is 4.50. The van der Waals surface area contributed by atoms with Crippen molar-refractivity contribution >= 4 is 5.97 Å². The van der Waals surface area contributed by atoms with Crippen LogP contribution in [0.5, 0.6) is 0 Å². The Morgan fingerprint density at radius 3 is 1.58 bits per heavy atom. The standard InChI is InChI=1S/C24H42O2/c1-2-3-4-5-6-7-8-9-10-11-12-13-14-15-16-17-18-19-20-21-22-23-24(25)26/h6-7,9-10,15-16H,2-5,8,11-14,17-23H2,1H3,(H,25,26). The van der Waals surface area contributed by atoms with Gasteiger partial charge in [-0.2, -0.15) is 0 Å². The van der Waals surface area contributed by atoms with Gasteiger partial charge in [-0.25, -0.2) is 0 Å². The Balaban J connectivity index is 3.23. The van der Waals surface area contributed by atoms with E-state index in [9.17, 15) is 4.79 Å². The minimum Gasteiger partial charge on any atom is -0.481 e. The Morgan fingerprint density at radius 2 is 1.04 bits per heavy atom. The predicted molar refractivity (Wildman–Crippen MR) is 115 cm³/mol. The maximum absolute atomic E-state index is 10.4. The molecule has 0 aromatic heterocycles. The van der Waals surface area contributed by atoms with Gasteiger partial charge in [-0.3, -0.25) is 4.79 Å². The molecule has 0 bridgehead atoms. The highest BCUT2D eigenvalue weighted by Gasteiger charge is 1.95. The van der Waals surface area contributed by atoms with Crippen molar-refractivity contribution in [1.29, 1.82) is 0 Å². The van der Waals surface area contributed by atoms with E-state index < -0.39 is 5.97 Å². The van der Waals surface area contributed by atoms with Gasteiger partial charge in [0.25, 0.3) is 0 Å². The molecule has 0 unspecified atom stereocenters. The molecule has 0 aliphatic rings. The van der Waals surface area contributed by atoms with E-state index in [1.807, 2.05) is 0 Å². The molecule has 0 atom stereocenters. The average Bonchev–Trinajstić information content (AvgIpc) is 2.62. The number of aliphatic carboxylic acids is 1. The maximum atomic E-state index is 10.4. The number of hydrogen-bond acceptors (Lipinski definition) is 1. The van der Waals surface area contributed by atoms with E-state index in [0.717, 1.165) is 19.3 Å². The fourth-order valence-corrected chi connectivity index (χ4v) is 2.85. The van der Waals surface area contributed by atoms with E-state index in [0.29, 0.717) is 6.42 Å². The highest BCUT2D eigenvalue weighted by atomic mass is 16.4. The van der Waals surface area contributed by atoms with Gasteiger partial charge in [0.2, 0.25) is 0 Å². The fourth-order valence-electron chi connectivity index (χ4n) is 2.85. The predicted octanol–water partition coefficient (Wildman–Crippen LogP) is 8.00. The number of allylic oxidation sites excluding steroid dienone is 6. The van der Waals surface area contributed by atoms with Crippen LogP contribution < -0.4 is 0 Å². The second-order valence-electron chi connectivity index (χ2n) is 7.13. The monoisotopic (exact) mass is 362 g/mol. The molecule has 0 radical (unpaired) electrons. The number of carboxylic acid groups (broad SMARTS) is 1. The minimum atomic E-state index is -0.668. The molecule has 2 heteroatoms. The van der Waals surface area contributed by atoms with Gasteiger partial charge in [-0.15, -0.1) is 0 Å². The summed E-state index contributed by atoms with van der Waals surface area (Å²) in [5.41, 5.74) is 0. The molecule has 0 heterocycles. The average molecular weight is 363 g/mol. The van der Waals surface area contributed by atoms with Crippen LogP contribution in [0.4, 0.5) is 0 Å². The van der Waals surface area contributed by atoms with Gasteiger partial charge >= 0.3 is 5.97 Å². The van der Waals surface area contributed by atoms with E-state index in [1.165, 1.54) is 77.0 Å². The summed E-state index contributed by atoms with van der Waals surface area (Å²) in [6.07, 6.45) is 32.1. The number of unbranched alkanes of at least 4 members (excludes halogenated alkanes) is 11. The van der Waals surface area contributed by atoms with Crippen LogP contribution in [0.3, 0.4) is 0 Å². The van der Waals surface area contributed by atoms with E-state index >= 15 is 0 Å². The Labute approximate surface area is 162 Å². The molecule has 26 heavy (non-hydrogen) atoms. The molecule has 0 aliphatic heterocycles. The summed E-state index contributed by atoms with van der Waals surface area (Å²) in [5.74, 6) is -0.668. The fraction of sp³-hybridized carbons (Fsp3) is 0.708. The zero-order valence-electron chi connectivity index (χ0n) is 17.1. The Kier molecular flexibility index (Phi) is 20.6. The molecular weight excluding hydrogens is 320 g/mol. The summed E-state index contributed by atoms with van der Waals surface area (Å²) in [4.78, 5) is 10.4. The third-order valence-corrected chi connectivity index (χ3v) is 4.50. The topological polar surface area (TPSA) is 37.3 Å². The van der Waals surface area contributed by atoms with Crippen molar-refractivity contribution in [3.8, 4) is 0 Å². The van der Waals surface area contributed by atoms with Crippen LogP contribution in [0.1, 0.15) is 110 Å². The highest BCUT2D eigenvalue weighted by molar-refractivity contribution is 5.66. The first-order valence-electron chi connectivity index (χ1n) is 10.9. The van der Waals surface area contributed by atoms with Crippen molar-refractivity contribution in [2.24, 2.45) is 0 Å². The van der Waals surface area contributed by atoms with Gasteiger partial charge in [0.15, 0.2) is 0 Å². The number of rotatable bonds is 19. The summed E-state index contributed by atoms with van der Waals surface area (Å²) in [6, 6.07) is 0. The highest BCUT2D eigenvalue weighted by Crippen LogP contribution is 2.08. The second kappa shape index (κ2) is 21.7. The van der Waals surface area contributed by atoms with Crippen molar-refractivity contribution in [2.45, 2.75) is 110 Å². The summed E-state index contributed by atoms with van der Waals surface area (Å²) in [5, 5.41) is 8.56. The SMILES string of the molecule is CCCCCC=CCC=CCCCCC=CCCCCCCCC(=O)O. The largest absolute Gasteiger partial charge is 0.481 e. The Bertz CT molecular complexity index is 380. The molecule has 0 rings (SSSR count). The lowest BCUT2D eigenvalue weighted by molar-refractivity contribution is -0.137. The third kappa shape index (κ3) is 22.7. The van der Waals surface area contributed by atoms with Crippen LogP contribution in [-0.2, 0) is 4.79 Å². The molecule has 0 aromatic rings. The molecule has 1 N–H and O–H groups in total. The van der Waals surface area contributed by atoms with Crippen molar-refractivity contribution in [3.05, 3.63) is 36.5 Å². The zero-order chi connectivity index (χ0) is 19.1. The van der Waals surface area contributed by atoms with Gasteiger partial charge in [0, 0.05) is 6.42 Å². The van der Waals surface area contributed by atoms with E-state index in [4.69, 9.17) is 5.11 Å². The zero-order valence-corrected chi connectivity index (χ0v) is 17.1. The Morgan fingerprint density at radius 1 is 0.615 bits per heavy atom. The lowest BCUT2D eigenvalue weighted by Crippen LogP contribution is -1.93. The molecule has 150 valence electrons. The minimum absolute atomic E-state index is 0.324. The molecule has 0 saturated heterocycles. The van der Waals surface area contributed by atoms with Crippen LogP contribution in [0.25, 0.3) is 0 Å². The smallest absolute Gasteiger partial charge is 0.303 e. The number of carboxylic acids is 1. The summed E-state index contributed by atoms with van der Waals surface area (Å²) in [7, 11) is 0. The normalized spacial score (nSPS) is 12.0. The summed E-state index contributed by atoms with van der Waals surface area (Å²) >= 11 is 0. The molecule has 0 fully saturated rings. The first-order chi connectivity index (χ1) is 12.8. The molecule has 0 spiro atoms. The van der Waals surface area contributed by atoms with Gasteiger partial charge in [-0.1, -0.05) is 75.5 Å². The molecule has 0 saturated carbocycles. The summed E-state index contributed by atoms with van der Waals surface area (Å²) < 4.78 is 0. The lowest BCUT2D eigenvalue weighted by Gasteiger charge is -1.98. The molecule has 0 aromatic carbocycles. The maximum Gasteiger partial charge on any atom is 0.303 e. The number of hydrogen-bond donors (Lipinski definition) is 1. The van der Waals surface area contributed by atoms with Crippen LogP contribution in [0.15, 0.2) is 36.5 Å². The molecule has 0 amide bonds. The van der Waals surface area contributed by atoms with Crippen LogP contribution >= 0.6 is 0 Å². The van der Waals surface area contributed by atoms with Crippen molar-refractivity contribution < 1.29 is 9.90 Å². The van der Waals surface area contributed by atoms with Gasteiger partial charge < -0.3 is 5.11 Å². The first-order valence-corrected chi connectivity index (χ1v) is 10.9. The van der Waals surface area contributed by atoms with E-state index in [2.05, 4.69) is 43.4 Å². The van der Waals surface area contributed by atoms with Crippen LogP contribution in [-0.4, -0.2) is 11.1 Å². The van der Waals surface area contributed by atoms with Crippen molar-refractivity contribution in [2.75, 3.05) is 0 Å². The van der Waals surface area contributed by atoms with Gasteiger partial charge in [0.05, 0.1) is 0 Å². The molecular formula is C24H42O2. The van der Waals surface area contributed by atoms with E-state index in [1.54, 1.807) is 0 Å². The first kappa shape index (κ1) is 24.7. The molecule has 0 aliphatic carbocycles. The van der Waals surface area contributed by atoms with Crippen LogP contribution in [0, 0.1) is 0 Å². The van der Waals surface area contributed by atoms with Gasteiger partial charge in [-0.05, 0) is 64.2 Å². The van der Waals surface area contributed by atoms with Gasteiger partial charge in [0.1, 0.15) is 0 Å². The summed E-state index contributed by atoms with van der Waals surface area (Å²) in [6.45, 7) is 2.25. The molecule has 2 nitrogen and oxygen atoms in total. The lowest BCUT2D eigenvalue weighted by atomic mass is 10.1. The Hall–Kier alpha value is -1.31. The van der Waals surface area contributed by atoms with E-state index in [-0.39, 0.29) is 0 Å². The van der Waals surface area contributed by atoms with Crippen LogP contribution in [0.2, 0.25) is 0 Å². The quantitative estimate of drug-likeness (QED) is 0.187. The second-order valence-corrected chi connectivity index (χ2v) is 7.13.